The Hall–Kier alpha value is 0.400. The molecule has 0 aromatic carbocycles. The molecule has 4 aliphatic carbocycles. The number of hydrogen-bond acceptors (Lipinski definition) is 2. The first-order valence-corrected chi connectivity index (χ1v) is 7.69. The molecule has 16 heavy (non-hydrogen) atoms. The first-order valence-electron chi connectivity index (χ1n) is 6.57. The summed E-state index contributed by atoms with van der Waals surface area (Å²) < 4.78 is 6.11. The zero-order valence-electron chi connectivity index (χ0n) is 9.70. The summed E-state index contributed by atoms with van der Waals surface area (Å²) in [5.74, 6) is 2.77. The molecule has 0 heterocycles. The van der Waals surface area contributed by atoms with Crippen LogP contribution in [0, 0.1) is 17.8 Å². The first kappa shape index (κ1) is 11.5. The summed E-state index contributed by atoms with van der Waals surface area (Å²) in [5, 5.41) is 10.2. The van der Waals surface area contributed by atoms with Crippen molar-refractivity contribution in [1.82, 2.24) is 0 Å². The standard InChI is InChI=1S/C13H21BrO2/c14-7-12(15)8-16-13-4-9-1-10(5-13)3-11(2-9)6-13/h9-12,15H,1-8H2. The van der Waals surface area contributed by atoms with Crippen LogP contribution in [0.4, 0.5) is 0 Å². The van der Waals surface area contributed by atoms with Gasteiger partial charge in [0.05, 0.1) is 18.3 Å². The lowest BCUT2D eigenvalue weighted by molar-refractivity contribution is -0.173. The minimum atomic E-state index is -0.340. The van der Waals surface area contributed by atoms with Gasteiger partial charge >= 0.3 is 0 Å². The Labute approximate surface area is 106 Å². The zero-order valence-corrected chi connectivity index (χ0v) is 11.3. The second kappa shape index (κ2) is 4.25. The van der Waals surface area contributed by atoms with E-state index in [2.05, 4.69) is 15.9 Å². The van der Waals surface area contributed by atoms with Crippen molar-refractivity contribution in [3.05, 3.63) is 0 Å². The van der Waals surface area contributed by atoms with Crippen molar-refractivity contribution in [2.45, 2.75) is 50.2 Å². The highest BCUT2D eigenvalue weighted by Gasteiger charge is 2.51. The van der Waals surface area contributed by atoms with Crippen LogP contribution in [-0.2, 0) is 4.74 Å². The number of aliphatic hydroxyl groups is 1. The number of ether oxygens (including phenoxy) is 1. The summed E-state index contributed by atoms with van der Waals surface area (Å²) in [4.78, 5) is 0. The van der Waals surface area contributed by atoms with Crippen LogP contribution in [0.15, 0.2) is 0 Å². The van der Waals surface area contributed by atoms with Crippen molar-refractivity contribution in [3.63, 3.8) is 0 Å². The van der Waals surface area contributed by atoms with Crippen molar-refractivity contribution in [1.29, 1.82) is 0 Å². The molecule has 4 aliphatic rings. The summed E-state index contributed by atoms with van der Waals surface area (Å²) in [6, 6.07) is 0. The molecule has 0 aromatic rings. The molecule has 4 saturated carbocycles. The first-order chi connectivity index (χ1) is 7.69. The highest BCUT2D eigenvalue weighted by Crippen LogP contribution is 2.57. The normalized spacial score (nSPS) is 47.2. The largest absolute Gasteiger partial charge is 0.390 e. The highest BCUT2D eigenvalue weighted by molar-refractivity contribution is 9.09. The lowest BCUT2D eigenvalue weighted by Crippen LogP contribution is -2.52. The third kappa shape index (κ3) is 2.06. The van der Waals surface area contributed by atoms with Gasteiger partial charge in [-0.15, -0.1) is 0 Å². The van der Waals surface area contributed by atoms with Gasteiger partial charge in [-0.1, -0.05) is 15.9 Å². The van der Waals surface area contributed by atoms with Crippen molar-refractivity contribution >= 4 is 15.9 Å². The molecule has 4 rings (SSSR count). The van der Waals surface area contributed by atoms with E-state index < -0.39 is 0 Å². The lowest BCUT2D eigenvalue weighted by Gasteiger charge is -2.56. The van der Waals surface area contributed by atoms with E-state index in [0.29, 0.717) is 11.9 Å². The molecule has 4 bridgehead atoms. The summed E-state index contributed by atoms with van der Waals surface area (Å²) in [5.41, 5.74) is 0.151. The summed E-state index contributed by atoms with van der Waals surface area (Å²) in [7, 11) is 0. The number of rotatable bonds is 4. The van der Waals surface area contributed by atoms with Crippen LogP contribution < -0.4 is 0 Å². The molecule has 0 radical (unpaired) electrons. The Morgan fingerprint density at radius 2 is 1.62 bits per heavy atom. The molecular formula is C13H21BrO2. The third-order valence-electron chi connectivity index (χ3n) is 4.74. The van der Waals surface area contributed by atoms with Crippen LogP contribution in [0.25, 0.3) is 0 Å². The zero-order chi connectivity index (χ0) is 11.2. The molecule has 0 aromatic heterocycles. The van der Waals surface area contributed by atoms with Gasteiger partial charge in [0.2, 0.25) is 0 Å². The number of halogens is 1. The van der Waals surface area contributed by atoms with E-state index in [1.807, 2.05) is 0 Å². The SMILES string of the molecule is OC(CBr)COC12CC3CC(CC(C3)C1)C2. The van der Waals surface area contributed by atoms with Gasteiger partial charge in [0.1, 0.15) is 0 Å². The van der Waals surface area contributed by atoms with Gasteiger partial charge in [0.15, 0.2) is 0 Å². The second-order valence-electron chi connectivity index (χ2n) is 6.22. The molecule has 3 heteroatoms. The molecule has 0 amide bonds. The number of alkyl halides is 1. The van der Waals surface area contributed by atoms with Crippen LogP contribution in [0.3, 0.4) is 0 Å². The number of aliphatic hydroxyl groups excluding tert-OH is 1. The lowest BCUT2D eigenvalue weighted by atomic mass is 9.54. The average molecular weight is 289 g/mol. The summed E-state index contributed by atoms with van der Waals surface area (Å²) in [6.45, 7) is 0.511. The minimum Gasteiger partial charge on any atom is -0.390 e. The second-order valence-corrected chi connectivity index (χ2v) is 6.87. The van der Waals surface area contributed by atoms with Crippen LogP contribution in [-0.4, -0.2) is 28.7 Å². The Morgan fingerprint density at radius 3 is 2.06 bits per heavy atom. The van der Waals surface area contributed by atoms with Crippen LogP contribution >= 0.6 is 15.9 Å². The van der Waals surface area contributed by atoms with Crippen molar-refractivity contribution < 1.29 is 9.84 Å². The van der Waals surface area contributed by atoms with E-state index in [9.17, 15) is 5.11 Å². The maximum absolute atomic E-state index is 9.59. The molecular weight excluding hydrogens is 268 g/mol. The summed E-state index contributed by atoms with van der Waals surface area (Å²) in [6.07, 6.45) is 7.78. The van der Waals surface area contributed by atoms with Gasteiger partial charge in [0, 0.05) is 5.33 Å². The van der Waals surface area contributed by atoms with Gasteiger partial charge < -0.3 is 9.84 Å². The fraction of sp³-hybridized carbons (Fsp3) is 1.00. The van der Waals surface area contributed by atoms with E-state index in [4.69, 9.17) is 4.74 Å². The maximum atomic E-state index is 9.59. The van der Waals surface area contributed by atoms with E-state index in [0.717, 1.165) is 17.8 Å². The van der Waals surface area contributed by atoms with Gasteiger partial charge in [-0.25, -0.2) is 0 Å². The Balaban J connectivity index is 1.64. The maximum Gasteiger partial charge on any atom is 0.0870 e. The molecule has 1 unspecified atom stereocenters. The monoisotopic (exact) mass is 288 g/mol. The third-order valence-corrected chi connectivity index (χ3v) is 5.49. The molecule has 1 N–H and O–H groups in total. The van der Waals surface area contributed by atoms with E-state index in [1.165, 1.54) is 38.5 Å². The molecule has 4 fully saturated rings. The summed E-state index contributed by atoms with van der Waals surface area (Å²) >= 11 is 3.30. The van der Waals surface area contributed by atoms with Gasteiger partial charge in [-0.3, -0.25) is 0 Å². The Morgan fingerprint density at radius 1 is 1.12 bits per heavy atom. The predicted molar refractivity (Wildman–Crippen MR) is 66.7 cm³/mol. The number of hydrogen-bond donors (Lipinski definition) is 1. The van der Waals surface area contributed by atoms with Crippen molar-refractivity contribution in [2.75, 3.05) is 11.9 Å². The fourth-order valence-corrected chi connectivity index (χ4v) is 4.71. The Bertz CT molecular complexity index is 231. The highest BCUT2D eigenvalue weighted by atomic mass is 79.9. The Kier molecular flexibility index (Phi) is 3.05. The van der Waals surface area contributed by atoms with E-state index in [1.54, 1.807) is 0 Å². The van der Waals surface area contributed by atoms with Gasteiger partial charge in [-0.05, 0) is 56.3 Å². The predicted octanol–water partition coefficient (Wildman–Crippen LogP) is 2.73. The molecule has 0 saturated heterocycles. The van der Waals surface area contributed by atoms with E-state index >= 15 is 0 Å². The van der Waals surface area contributed by atoms with Crippen LogP contribution in [0.2, 0.25) is 0 Å². The smallest absolute Gasteiger partial charge is 0.0870 e. The average Bonchev–Trinajstić information content (AvgIpc) is 2.24. The van der Waals surface area contributed by atoms with Gasteiger partial charge in [0.25, 0.3) is 0 Å². The van der Waals surface area contributed by atoms with Crippen LogP contribution in [0.5, 0.6) is 0 Å². The van der Waals surface area contributed by atoms with E-state index in [-0.39, 0.29) is 11.7 Å². The van der Waals surface area contributed by atoms with Crippen molar-refractivity contribution in [2.24, 2.45) is 17.8 Å². The fourth-order valence-electron chi connectivity index (χ4n) is 4.53. The molecule has 1 atom stereocenters. The molecule has 92 valence electrons. The quantitative estimate of drug-likeness (QED) is 0.806. The van der Waals surface area contributed by atoms with Crippen molar-refractivity contribution in [3.8, 4) is 0 Å². The van der Waals surface area contributed by atoms with Gasteiger partial charge in [-0.2, -0.15) is 0 Å². The molecule has 0 spiro atoms. The molecule has 0 aliphatic heterocycles. The van der Waals surface area contributed by atoms with Crippen LogP contribution in [0.1, 0.15) is 38.5 Å². The molecule has 2 nitrogen and oxygen atoms in total. The topological polar surface area (TPSA) is 29.5 Å². The minimum absolute atomic E-state index is 0.151.